The molecule has 4 aromatic carbocycles. The number of benzene rings is 4. The molecule has 0 aromatic heterocycles. The van der Waals surface area contributed by atoms with Crippen molar-refractivity contribution in [3.8, 4) is 0 Å². The molecule has 0 radical (unpaired) electrons. The van der Waals surface area contributed by atoms with Crippen LogP contribution in [0.1, 0.15) is 34.7 Å². The van der Waals surface area contributed by atoms with Gasteiger partial charge in [0.2, 0.25) is 11.8 Å². The van der Waals surface area contributed by atoms with Crippen LogP contribution in [0.3, 0.4) is 0 Å². The molecule has 0 saturated carbocycles. The summed E-state index contributed by atoms with van der Waals surface area (Å²) < 4.78 is 5.38. The molecule has 0 saturated heterocycles. The van der Waals surface area contributed by atoms with Crippen molar-refractivity contribution in [3.63, 3.8) is 0 Å². The molecule has 43 heavy (non-hydrogen) atoms. The summed E-state index contributed by atoms with van der Waals surface area (Å²) in [4.78, 5) is 51.6. The topological polar surface area (TPSA) is 114 Å². The first-order valence-electron chi connectivity index (χ1n) is 14.2. The zero-order valence-corrected chi connectivity index (χ0v) is 23.7. The van der Waals surface area contributed by atoms with Crippen LogP contribution in [0.15, 0.2) is 121 Å². The van der Waals surface area contributed by atoms with Crippen LogP contribution in [0.25, 0.3) is 0 Å². The van der Waals surface area contributed by atoms with Crippen molar-refractivity contribution >= 4 is 24.2 Å². The normalized spacial score (nSPS) is 12.7. The van der Waals surface area contributed by atoms with E-state index in [-0.39, 0.29) is 25.9 Å². The molecule has 3 atom stereocenters. The van der Waals surface area contributed by atoms with Crippen molar-refractivity contribution in [1.29, 1.82) is 0 Å². The predicted octanol–water partition coefficient (Wildman–Crippen LogP) is 4.70. The lowest BCUT2D eigenvalue weighted by atomic mass is 10.0. The number of rotatable bonds is 14. The van der Waals surface area contributed by atoms with Crippen LogP contribution in [-0.4, -0.2) is 36.3 Å². The Kier molecular flexibility index (Phi) is 11.6. The third-order valence-electron chi connectivity index (χ3n) is 6.87. The van der Waals surface area contributed by atoms with Gasteiger partial charge in [0.15, 0.2) is 0 Å². The lowest BCUT2D eigenvalue weighted by molar-refractivity contribution is -0.130. The van der Waals surface area contributed by atoms with Crippen molar-refractivity contribution in [3.05, 3.63) is 144 Å². The smallest absolute Gasteiger partial charge is 0.408 e. The summed E-state index contributed by atoms with van der Waals surface area (Å²) in [7, 11) is 0. The van der Waals surface area contributed by atoms with E-state index in [1.54, 1.807) is 0 Å². The molecule has 0 aliphatic carbocycles. The minimum absolute atomic E-state index is 0.0446. The molecule has 8 heteroatoms. The van der Waals surface area contributed by atoms with Gasteiger partial charge in [0.05, 0.1) is 6.04 Å². The zero-order valence-electron chi connectivity index (χ0n) is 23.7. The van der Waals surface area contributed by atoms with Crippen LogP contribution in [0.4, 0.5) is 4.79 Å². The highest BCUT2D eigenvalue weighted by molar-refractivity contribution is 5.92. The van der Waals surface area contributed by atoms with Crippen molar-refractivity contribution in [2.75, 3.05) is 0 Å². The van der Waals surface area contributed by atoms with Gasteiger partial charge >= 0.3 is 6.09 Å². The Labute approximate surface area is 251 Å². The number of hydrogen-bond acceptors (Lipinski definition) is 5. The number of nitrogens with one attached hydrogen (secondary N) is 3. The van der Waals surface area contributed by atoms with Gasteiger partial charge < -0.3 is 25.5 Å². The van der Waals surface area contributed by atoms with E-state index < -0.39 is 36.0 Å². The van der Waals surface area contributed by atoms with E-state index in [0.717, 1.165) is 28.5 Å². The van der Waals surface area contributed by atoms with E-state index >= 15 is 0 Å². The van der Waals surface area contributed by atoms with Gasteiger partial charge in [-0.25, -0.2) is 4.79 Å². The van der Waals surface area contributed by atoms with Crippen LogP contribution in [0.5, 0.6) is 0 Å². The van der Waals surface area contributed by atoms with E-state index in [2.05, 4.69) is 16.0 Å². The maximum absolute atomic E-state index is 13.7. The fourth-order valence-electron chi connectivity index (χ4n) is 4.63. The minimum atomic E-state index is -1.02. The van der Waals surface area contributed by atoms with E-state index in [4.69, 9.17) is 4.74 Å². The summed E-state index contributed by atoms with van der Waals surface area (Å²) >= 11 is 0. The lowest BCUT2D eigenvalue weighted by Gasteiger charge is -2.25. The SMILES string of the molecule is O=CC[C@@H](NC(=O)[C@H](Cc1ccccc1)NC(=O)[C@H](Cc1ccccc1)NC(=O)OCc1ccccc1)c1ccccc1. The molecule has 8 nitrogen and oxygen atoms in total. The van der Waals surface area contributed by atoms with Crippen molar-refractivity contribution < 1.29 is 23.9 Å². The predicted molar refractivity (Wildman–Crippen MR) is 164 cm³/mol. The molecule has 0 aliphatic heterocycles. The number of carbonyl (C=O) groups is 4. The molecule has 3 amide bonds. The third-order valence-corrected chi connectivity index (χ3v) is 6.87. The number of hydrogen-bond donors (Lipinski definition) is 3. The van der Waals surface area contributed by atoms with Gasteiger partial charge in [-0.3, -0.25) is 9.59 Å². The Balaban J connectivity index is 1.52. The van der Waals surface area contributed by atoms with E-state index in [1.165, 1.54) is 0 Å². The number of alkyl carbamates (subject to hydrolysis) is 1. The number of carbonyl (C=O) groups excluding carboxylic acids is 4. The van der Waals surface area contributed by atoms with Gasteiger partial charge in [0.1, 0.15) is 25.0 Å². The van der Waals surface area contributed by atoms with Gasteiger partial charge in [0, 0.05) is 19.3 Å². The molecule has 220 valence electrons. The van der Waals surface area contributed by atoms with Crippen LogP contribution in [-0.2, 0) is 38.6 Å². The average Bonchev–Trinajstić information content (AvgIpc) is 3.05. The molecule has 0 fully saturated rings. The summed E-state index contributed by atoms with van der Waals surface area (Å²) in [6.07, 6.45) is 0.470. The van der Waals surface area contributed by atoms with Gasteiger partial charge in [-0.05, 0) is 22.3 Å². The Morgan fingerprint density at radius 3 is 1.53 bits per heavy atom. The van der Waals surface area contributed by atoms with Gasteiger partial charge in [-0.1, -0.05) is 121 Å². The van der Waals surface area contributed by atoms with Crippen LogP contribution in [0, 0.1) is 0 Å². The van der Waals surface area contributed by atoms with Gasteiger partial charge in [0.25, 0.3) is 0 Å². The highest BCUT2D eigenvalue weighted by Crippen LogP contribution is 2.16. The van der Waals surface area contributed by atoms with Crippen LogP contribution < -0.4 is 16.0 Å². The Bertz CT molecular complexity index is 1450. The van der Waals surface area contributed by atoms with Crippen LogP contribution in [0.2, 0.25) is 0 Å². The van der Waals surface area contributed by atoms with Crippen molar-refractivity contribution in [2.45, 2.75) is 44.0 Å². The second-order valence-electron chi connectivity index (χ2n) is 10.1. The van der Waals surface area contributed by atoms with E-state index in [1.807, 2.05) is 121 Å². The van der Waals surface area contributed by atoms with Crippen molar-refractivity contribution in [1.82, 2.24) is 16.0 Å². The fourth-order valence-corrected chi connectivity index (χ4v) is 4.63. The number of amides is 3. The molecule has 0 bridgehead atoms. The van der Waals surface area contributed by atoms with Gasteiger partial charge in [-0.2, -0.15) is 0 Å². The molecule has 0 heterocycles. The zero-order chi connectivity index (χ0) is 30.3. The maximum Gasteiger partial charge on any atom is 0.408 e. The molecular formula is C35H35N3O5. The molecule has 3 N–H and O–H groups in total. The maximum atomic E-state index is 13.7. The van der Waals surface area contributed by atoms with Crippen LogP contribution >= 0.6 is 0 Å². The number of ether oxygens (including phenoxy) is 1. The Morgan fingerprint density at radius 2 is 1.02 bits per heavy atom. The molecule has 4 rings (SSSR count). The first-order valence-corrected chi connectivity index (χ1v) is 14.2. The van der Waals surface area contributed by atoms with E-state index in [9.17, 15) is 19.2 Å². The molecule has 0 aliphatic rings. The highest BCUT2D eigenvalue weighted by atomic mass is 16.5. The minimum Gasteiger partial charge on any atom is -0.445 e. The first-order chi connectivity index (χ1) is 21.0. The standard InChI is InChI=1S/C35H35N3O5/c39-22-21-30(29-19-11-4-12-20-29)36-33(40)31(23-26-13-5-1-6-14-26)37-34(41)32(24-27-15-7-2-8-16-27)38-35(42)43-25-28-17-9-3-10-18-28/h1-20,22,30-32H,21,23-25H2,(H,36,40)(H,37,41)(H,38,42)/t30-,31+,32+/m1/s1. The van der Waals surface area contributed by atoms with E-state index in [0.29, 0.717) is 0 Å². The summed E-state index contributed by atoms with van der Waals surface area (Å²) in [6, 6.07) is 34.4. The second kappa shape index (κ2) is 16.3. The Morgan fingerprint density at radius 1 is 0.581 bits per heavy atom. The number of aldehydes is 1. The fraction of sp³-hybridized carbons (Fsp3) is 0.200. The molecule has 0 spiro atoms. The molecule has 4 aromatic rings. The largest absolute Gasteiger partial charge is 0.445 e. The summed E-state index contributed by atoms with van der Waals surface area (Å²) in [6.45, 7) is 0.0446. The summed E-state index contributed by atoms with van der Waals surface area (Å²) in [5.74, 6) is -0.985. The second-order valence-corrected chi connectivity index (χ2v) is 10.1. The molecule has 0 unspecified atom stereocenters. The monoisotopic (exact) mass is 577 g/mol. The third kappa shape index (κ3) is 9.97. The summed E-state index contributed by atoms with van der Waals surface area (Å²) in [5.41, 5.74) is 3.25. The Hall–Kier alpha value is -5.24. The molecular weight excluding hydrogens is 542 g/mol. The average molecular weight is 578 g/mol. The quantitative estimate of drug-likeness (QED) is 0.188. The van der Waals surface area contributed by atoms with Crippen molar-refractivity contribution in [2.24, 2.45) is 0 Å². The highest BCUT2D eigenvalue weighted by Gasteiger charge is 2.29. The summed E-state index contributed by atoms with van der Waals surface area (Å²) in [5, 5.41) is 8.46. The first kappa shape index (κ1) is 30.7. The van der Waals surface area contributed by atoms with Gasteiger partial charge in [-0.15, -0.1) is 0 Å². The lowest BCUT2D eigenvalue weighted by Crippen LogP contribution is -2.55.